The Bertz CT molecular complexity index is 334. The van der Waals surface area contributed by atoms with Crippen LogP contribution in [0.5, 0.6) is 0 Å². The third-order valence-electron chi connectivity index (χ3n) is 4.22. The molecule has 0 spiro atoms. The molecule has 0 bridgehead atoms. The predicted octanol–water partition coefficient (Wildman–Crippen LogP) is 0.587. The Labute approximate surface area is 84.4 Å². The molecule has 3 heteroatoms. The molecule has 1 aliphatic heterocycles. The number of likely N-dealkylation sites (N-methyl/N-ethyl adjacent to an activating group) is 1. The van der Waals surface area contributed by atoms with E-state index in [0.717, 1.165) is 11.1 Å². The third kappa shape index (κ3) is 0.868. The van der Waals surface area contributed by atoms with Crippen LogP contribution in [0.25, 0.3) is 0 Å². The second-order valence-corrected chi connectivity index (χ2v) is 4.69. The largest absolute Gasteiger partial charge is 0.391 e. The Hall–Kier alpha value is -0.670. The number of Topliss-reactive ketones (excluding diaryl/α,β-unsaturated/α-hetero) is 1. The van der Waals surface area contributed by atoms with Gasteiger partial charge in [0, 0.05) is 6.54 Å². The topological polar surface area (TPSA) is 40.5 Å². The average molecular weight is 195 g/mol. The van der Waals surface area contributed by atoms with Gasteiger partial charge in [-0.05, 0) is 39.0 Å². The highest BCUT2D eigenvalue weighted by Gasteiger charge is 2.57. The number of carbonyl (C=O) groups is 1. The molecule has 3 nitrogen and oxygen atoms in total. The van der Waals surface area contributed by atoms with Gasteiger partial charge in [0.25, 0.3) is 0 Å². The molecule has 1 saturated heterocycles. The highest BCUT2D eigenvalue weighted by atomic mass is 16.3. The van der Waals surface area contributed by atoms with Gasteiger partial charge >= 0.3 is 0 Å². The molecule has 14 heavy (non-hydrogen) atoms. The van der Waals surface area contributed by atoms with Crippen molar-refractivity contribution in [3.8, 4) is 0 Å². The molecule has 0 aromatic carbocycles. The van der Waals surface area contributed by atoms with Crippen molar-refractivity contribution >= 4 is 5.78 Å². The molecule has 0 amide bonds. The maximum Gasteiger partial charge on any atom is 0.166 e. The molecular formula is C11H17NO2. The summed E-state index contributed by atoms with van der Waals surface area (Å²) >= 11 is 0. The van der Waals surface area contributed by atoms with Crippen LogP contribution < -0.4 is 0 Å². The number of fused-ring (bicyclic) bond motifs is 1. The number of rotatable bonds is 0. The smallest absolute Gasteiger partial charge is 0.166 e. The summed E-state index contributed by atoms with van der Waals surface area (Å²) < 4.78 is 0. The van der Waals surface area contributed by atoms with E-state index in [1.807, 2.05) is 20.9 Å². The maximum absolute atomic E-state index is 11.9. The van der Waals surface area contributed by atoms with Crippen molar-refractivity contribution in [1.29, 1.82) is 0 Å². The fourth-order valence-corrected chi connectivity index (χ4v) is 2.93. The monoisotopic (exact) mass is 195 g/mol. The van der Waals surface area contributed by atoms with Crippen LogP contribution in [0.2, 0.25) is 0 Å². The Balaban J connectivity index is 2.54. The number of ketones is 1. The minimum absolute atomic E-state index is 0.127. The molecule has 0 aromatic heterocycles. The number of β-amino-alcohol motifs (C(OH)–C–C–N with tert-alkyl or cyclic N) is 1. The molecule has 78 valence electrons. The van der Waals surface area contributed by atoms with Crippen LogP contribution in [0.1, 0.15) is 20.8 Å². The van der Waals surface area contributed by atoms with Crippen molar-refractivity contribution in [1.82, 2.24) is 4.90 Å². The number of hydrogen-bond donors (Lipinski definition) is 1. The van der Waals surface area contributed by atoms with Crippen LogP contribution in [0.3, 0.4) is 0 Å². The van der Waals surface area contributed by atoms with Gasteiger partial charge in [0.2, 0.25) is 0 Å². The summed E-state index contributed by atoms with van der Waals surface area (Å²) in [6.07, 6.45) is -0.509. The van der Waals surface area contributed by atoms with E-state index in [-0.39, 0.29) is 17.2 Å². The van der Waals surface area contributed by atoms with E-state index in [4.69, 9.17) is 0 Å². The van der Waals surface area contributed by atoms with Crippen molar-refractivity contribution in [2.24, 2.45) is 5.92 Å². The quantitative estimate of drug-likeness (QED) is 0.615. The van der Waals surface area contributed by atoms with Gasteiger partial charge in [-0.3, -0.25) is 9.69 Å². The van der Waals surface area contributed by atoms with Crippen molar-refractivity contribution in [3.63, 3.8) is 0 Å². The van der Waals surface area contributed by atoms with Gasteiger partial charge in [-0.1, -0.05) is 0 Å². The SMILES string of the molecule is CC1=C(C)C2(C)C(C1=O)C(O)CN2C. The number of hydrogen-bond acceptors (Lipinski definition) is 3. The van der Waals surface area contributed by atoms with Crippen LogP contribution >= 0.6 is 0 Å². The van der Waals surface area contributed by atoms with Crippen molar-refractivity contribution in [3.05, 3.63) is 11.1 Å². The average Bonchev–Trinajstić information content (AvgIpc) is 2.44. The van der Waals surface area contributed by atoms with Crippen molar-refractivity contribution < 1.29 is 9.90 Å². The van der Waals surface area contributed by atoms with E-state index in [2.05, 4.69) is 11.8 Å². The number of aliphatic hydroxyl groups excluding tert-OH is 1. The molecule has 3 unspecified atom stereocenters. The Morgan fingerprint density at radius 3 is 2.57 bits per heavy atom. The Morgan fingerprint density at radius 2 is 2.07 bits per heavy atom. The van der Waals surface area contributed by atoms with Gasteiger partial charge in [0.15, 0.2) is 5.78 Å². The molecule has 0 saturated carbocycles. The predicted molar refractivity (Wildman–Crippen MR) is 53.9 cm³/mol. The van der Waals surface area contributed by atoms with E-state index in [9.17, 15) is 9.90 Å². The number of nitrogens with zero attached hydrogens (tertiary/aromatic N) is 1. The summed E-state index contributed by atoms with van der Waals surface area (Å²) in [5.41, 5.74) is 1.70. The number of aliphatic hydroxyl groups is 1. The number of carbonyl (C=O) groups excluding carboxylic acids is 1. The van der Waals surface area contributed by atoms with Crippen LogP contribution in [0.4, 0.5) is 0 Å². The summed E-state index contributed by atoms with van der Waals surface area (Å²) in [5, 5.41) is 9.85. The summed E-state index contributed by atoms with van der Waals surface area (Å²) in [5.74, 6) is -0.116. The van der Waals surface area contributed by atoms with E-state index in [0.29, 0.717) is 6.54 Å². The second kappa shape index (κ2) is 2.67. The van der Waals surface area contributed by atoms with Crippen LogP contribution in [-0.2, 0) is 4.79 Å². The van der Waals surface area contributed by atoms with Gasteiger partial charge in [0.1, 0.15) is 0 Å². The third-order valence-corrected chi connectivity index (χ3v) is 4.22. The summed E-state index contributed by atoms with van der Waals surface area (Å²) in [6, 6.07) is 0. The lowest BCUT2D eigenvalue weighted by molar-refractivity contribution is -0.121. The lowest BCUT2D eigenvalue weighted by Gasteiger charge is -2.33. The van der Waals surface area contributed by atoms with Crippen LogP contribution in [-0.4, -0.2) is 41.0 Å². The second-order valence-electron chi connectivity index (χ2n) is 4.69. The molecule has 1 fully saturated rings. The first-order valence-corrected chi connectivity index (χ1v) is 5.02. The van der Waals surface area contributed by atoms with Gasteiger partial charge in [-0.2, -0.15) is 0 Å². The molecule has 1 N–H and O–H groups in total. The molecule has 0 aromatic rings. The Morgan fingerprint density at radius 1 is 1.50 bits per heavy atom. The highest BCUT2D eigenvalue weighted by molar-refractivity contribution is 6.02. The first-order valence-electron chi connectivity index (χ1n) is 5.02. The maximum atomic E-state index is 11.9. The summed E-state index contributed by atoms with van der Waals surface area (Å²) in [4.78, 5) is 14.0. The number of likely N-dealkylation sites (tertiary alicyclic amines) is 1. The lowest BCUT2D eigenvalue weighted by atomic mass is 9.84. The molecule has 1 aliphatic carbocycles. The zero-order valence-corrected chi connectivity index (χ0v) is 9.16. The standard InChI is InChI=1S/C11H17NO2/c1-6-7(2)11(3)9(10(6)14)8(13)5-12(11)4/h8-9,13H,5H2,1-4H3. The molecule has 2 rings (SSSR count). The normalized spacial score (nSPS) is 43.6. The lowest BCUT2D eigenvalue weighted by Crippen LogP contribution is -2.43. The first-order chi connectivity index (χ1) is 6.40. The van der Waals surface area contributed by atoms with E-state index >= 15 is 0 Å². The van der Waals surface area contributed by atoms with E-state index in [1.54, 1.807) is 0 Å². The van der Waals surface area contributed by atoms with Crippen LogP contribution in [0, 0.1) is 5.92 Å². The Kier molecular flexibility index (Phi) is 1.88. The fraction of sp³-hybridized carbons (Fsp3) is 0.727. The van der Waals surface area contributed by atoms with Gasteiger partial charge in [-0.25, -0.2) is 0 Å². The van der Waals surface area contributed by atoms with E-state index in [1.165, 1.54) is 0 Å². The van der Waals surface area contributed by atoms with Gasteiger partial charge in [-0.15, -0.1) is 0 Å². The molecule has 0 radical (unpaired) electrons. The first kappa shape index (κ1) is 9.87. The zero-order valence-electron chi connectivity index (χ0n) is 9.16. The van der Waals surface area contributed by atoms with Gasteiger partial charge < -0.3 is 5.11 Å². The molecule has 1 heterocycles. The van der Waals surface area contributed by atoms with Gasteiger partial charge in [0.05, 0.1) is 17.6 Å². The molecular weight excluding hydrogens is 178 g/mol. The minimum Gasteiger partial charge on any atom is -0.391 e. The summed E-state index contributed by atoms with van der Waals surface area (Å²) in [6.45, 7) is 6.51. The minimum atomic E-state index is -0.509. The van der Waals surface area contributed by atoms with E-state index < -0.39 is 6.10 Å². The molecule has 2 aliphatic rings. The van der Waals surface area contributed by atoms with Crippen LogP contribution in [0.15, 0.2) is 11.1 Å². The van der Waals surface area contributed by atoms with Crippen molar-refractivity contribution in [2.45, 2.75) is 32.4 Å². The highest BCUT2D eigenvalue weighted by Crippen LogP contribution is 2.47. The zero-order chi connectivity index (χ0) is 10.7. The van der Waals surface area contributed by atoms with Crippen molar-refractivity contribution in [2.75, 3.05) is 13.6 Å². The molecule has 3 atom stereocenters. The fourth-order valence-electron chi connectivity index (χ4n) is 2.93. The summed E-state index contributed by atoms with van der Waals surface area (Å²) in [7, 11) is 1.97. The number of allylic oxidation sites excluding steroid dienone is 1.